The molecule has 0 heterocycles. The zero-order valence-electron chi connectivity index (χ0n) is 13.4. The predicted molar refractivity (Wildman–Crippen MR) is 87.9 cm³/mol. The first kappa shape index (κ1) is 16.7. The zero-order chi connectivity index (χ0) is 17.0. The normalized spacial score (nSPS) is 10.3. The number of hydrogen-bond acceptors (Lipinski definition) is 2. The maximum Gasteiger partial charge on any atom is 0.254 e. The quantitative estimate of drug-likeness (QED) is 0.942. The lowest BCUT2D eigenvalue weighted by Gasteiger charge is -2.18. The summed E-state index contributed by atoms with van der Waals surface area (Å²) in [5.74, 6) is -1.18. The van der Waals surface area contributed by atoms with Gasteiger partial charge in [-0.05, 0) is 49.2 Å². The fraction of sp³-hybridized carbons (Fsp3) is 0.222. The van der Waals surface area contributed by atoms with Gasteiger partial charge in [-0.25, -0.2) is 4.39 Å². The SMILES string of the molecule is Cc1cccc(NC(=O)CN(C)C(=O)c2cccc(F)c2)c1C. The van der Waals surface area contributed by atoms with Crippen LogP contribution in [0.5, 0.6) is 0 Å². The lowest BCUT2D eigenvalue weighted by molar-refractivity contribution is -0.116. The highest BCUT2D eigenvalue weighted by atomic mass is 19.1. The predicted octanol–water partition coefficient (Wildman–Crippen LogP) is 3.15. The number of amides is 2. The summed E-state index contributed by atoms with van der Waals surface area (Å²) >= 11 is 0. The molecule has 0 saturated heterocycles. The molecule has 0 aliphatic carbocycles. The van der Waals surface area contributed by atoms with Gasteiger partial charge in [0.05, 0.1) is 6.54 Å². The molecular weight excluding hydrogens is 295 g/mol. The first-order chi connectivity index (χ1) is 10.9. The van der Waals surface area contributed by atoms with Crippen LogP contribution in [-0.2, 0) is 4.79 Å². The molecule has 4 nitrogen and oxygen atoms in total. The number of hydrogen-bond donors (Lipinski definition) is 1. The van der Waals surface area contributed by atoms with Crippen LogP contribution >= 0.6 is 0 Å². The van der Waals surface area contributed by atoms with E-state index in [1.54, 1.807) is 0 Å². The van der Waals surface area contributed by atoms with E-state index in [1.165, 1.54) is 30.1 Å². The Balaban J connectivity index is 2.02. The summed E-state index contributed by atoms with van der Waals surface area (Å²) in [6, 6.07) is 11.0. The van der Waals surface area contributed by atoms with Gasteiger partial charge in [0.1, 0.15) is 5.82 Å². The highest BCUT2D eigenvalue weighted by molar-refractivity contribution is 5.99. The summed E-state index contributed by atoms with van der Waals surface area (Å²) < 4.78 is 13.2. The number of anilines is 1. The van der Waals surface area contributed by atoms with Gasteiger partial charge < -0.3 is 10.2 Å². The molecule has 120 valence electrons. The maximum absolute atomic E-state index is 13.2. The van der Waals surface area contributed by atoms with Crippen molar-refractivity contribution in [3.8, 4) is 0 Å². The van der Waals surface area contributed by atoms with Crippen molar-refractivity contribution in [2.45, 2.75) is 13.8 Å². The first-order valence-corrected chi connectivity index (χ1v) is 7.25. The lowest BCUT2D eigenvalue weighted by atomic mass is 10.1. The third-order valence-corrected chi connectivity index (χ3v) is 3.68. The molecule has 0 spiro atoms. The molecule has 23 heavy (non-hydrogen) atoms. The van der Waals surface area contributed by atoms with E-state index in [-0.39, 0.29) is 18.0 Å². The van der Waals surface area contributed by atoms with E-state index < -0.39 is 11.7 Å². The molecule has 2 rings (SSSR count). The van der Waals surface area contributed by atoms with Crippen LogP contribution in [0.4, 0.5) is 10.1 Å². The number of nitrogens with zero attached hydrogens (tertiary/aromatic N) is 1. The van der Waals surface area contributed by atoms with Crippen molar-refractivity contribution in [1.82, 2.24) is 4.90 Å². The molecule has 0 radical (unpaired) electrons. The Labute approximate surface area is 134 Å². The lowest BCUT2D eigenvalue weighted by Crippen LogP contribution is -2.35. The molecule has 0 saturated carbocycles. The third kappa shape index (κ3) is 4.16. The summed E-state index contributed by atoms with van der Waals surface area (Å²) in [6.45, 7) is 3.78. The molecule has 0 fully saturated rings. The summed E-state index contributed by atoms with van der Waals surface area (Å²) in [5, 5.41) is 2.79. The number of benzene rings is 2. The summed E-state index contributed by atoms with van der Waals surface area (Å²) in [7, 11) is 1.51. The minimum Gasteiger partial charge on any atom is -0.332 e. The van der Waals surface area contributed by atoms with Gasteiger partial charge in [-0.1, -0.05) is 18.2 Å². The van der Waals surface area contributed by atoms with Gasteiger partial charge in [-0.15, -0.1) is 0 Å². The van der Waals surface area contributed by atoms with Crippen LogP contribution in [-0.4, -0.2) is 30.3 Å². The van der Waals surface area contributed by atoms with Gasteiger partial charge in [0.15, 0.2) is 0 Å². The van der Waals surface area contributed by atoms with Crippen molar-refractivity contribution in [1.29, 1.82) is 0 Å². The standard InChI is InChI=1S/C18H19FN2O2/c1-12-6-4-9-16(13(12)2)20-17(22)11-21(3)18(23)14-7-5-8-15(19)10-14/h4-10H,11H2,1-3H3,(H,20,22). The molecule has 2 amide bonds. The number of carbonyl (C=O) groups excluding carboxylic acids is 2. The van der Waals surface area contributed by atoms with Gasteiger partial charge in [-0.2, -0.15) is 0 Å². The van der Waals surface area contributed by atoms with Crippen molar-refractivity contribution < 1.29 is 14.0 Å². The second-order valence-electron chi connectivity index (χ2n) is 5.47. The van der Waals surface area contributed by atoms with Gasteiger partial charge >= 0.3 is 0 Å². The number of nitrogens with one attached hydrogen (secondary N) is 1. The minimum absolute atomic E-state index is 0.108. The first-order valence-electron chi connectivity index (χ1n) is 7.25. The van der Waals surface area contributed by atoms with Crippen molar-refractivity contribution in [2.24, 2.45) is 0 Å². The number of rotatable bonds is 4. The van der Waals surface area contributed by atoms with E-state index in [1.807, 2.05) is 32.0 Å². The number of likely N-dealkylation sites (N-methyl/N-ethyl adjacent to an activating group) is 1. The second kappa shape index (κ2) is 7.05. The Kier molecular flexibility index (Phi) is 5.11. The fourth-order valence-electron chi connectivity index (χ4n) is 2.21. The molecule has 0 unspecified atom stereocenters. The fourth-order valence-corrected chi connectivity index (χ4v) is 2.21. The van der Waals surface area contributed by atoms with Gasteiger partial charge in [0, 0.05) is 18.3 Å². The third-order valence-electron chi connectivity index (χ3n) is 3.68. The van der Waals surface area contributed by atoms with Gasteiger partial charge in [0.25, 0.3) is 5.91 Å². The smallest absolute Gasteiger partial charge is 0.254 e. The summed E-state index contributed by atoms with van der Waals surface area (Å²) in [6.07, 6.45) is 0. The molecule has 0 aromatic heterocycles. The van der Waals surface area contributed by atoms with Crippen LogP contribution in [0.3, 0.4) is 0 Å². The number of aryl methyl sites for hydroxylation is 1. The minimum atomic E-state index is -0.482. The van der Waals surface area contributed by atoms with Crippen molar-refractivity contribution in [3.63, 3.8) is 0 Å². The summed E-state index contributed by atoms with van der Waals surface area (Å²) in [5.41, 5.74) is 3.00. The Morgan fingerprint density at radius 3 is 2.52 bits per heavy atom. The van der Waals surface area contributed by atoms with Crippen molar-refractivity contribution >= 4 is 17.5 Å². The van der Waals surface area contributed by atoms with Crippen LogP contribution in [0, 0.1) is 19.7 Å². The van der Waals surface area contributed by atoms with Crippen LogP contribution < -0.4 is 5.32 Å². The van der Waals surface area contributed by atoms with Crippen LogP contribution in [0.15, 0.2) is 42.5 Å². The highest BCUT2D eigenvalue weighted by Crippen LogP contribution is 2.17. The van der Waals surface area contributed by atoms with Gasteiger partial charge in [-0.3, -0.25) is 9.59 Å². The molecule has 0 atom stereocenters. The Bertz CT molecular complexity index is 744. The van der Waals surface area contributed by atoms with Crippen LogP contribution in [0.2, 0.25) is 0 Å². The monoisotopic (exact) mass is 314 g/mol. The number of halogens is 1. The molecular formula is C18H19FN2O2. The van der Waals surface area contributed by atoms with Crippen LogP contribution in [0.1, 0.15) is 21.5 Å². The summed E-state index contributed by atoms with van der Waals surface area (Å²) in [4.78, 5) is 25.6. The molecule has 2 aromatic carbocycles. The second-order valence-corrected chi connectivity index (χ2v) is 5.47. The molecule has 0 aliphatic rings. The Hall–Kier alpha value is -2.69. The van der Waals surface area contributed by atoms with Crippen LogP contribution in [0.25, 0.3) is 0 Å². The maximum atomic E-state index is 13.2. The Morgan fingerprint density at radius 1 is 1.13 bits per heavy atom. The van der Waals surface area contributed by atoms with E-state index in [0.29, 0.717) is 0 Å². The zero-order valence-corrected chi connectivity index (χ0v) is 13.4. The topological polar surface area (TPSA) is 49.4 Å². The number of carbonyl (C=O) groups is 2. The van der Waals surface area contributed by atoms with Crippen molar-refractivity contribution in [2.75, 3.05) is 18.9 Å². The Morgan fingerprint density at radius 2 is 1.83 bits per heavy atom. The molecule has 2 aromatic rings. The highest BCUT2D eigenvalue weighted by Gasteiger charge is 2.16. The van der Waals surface area contributed by atoms with E-state index in [2.05, 4.69) is 5.32 Å². The van der Waals surface area contributed by atoms with E-state index in [9.17, 15) is 14.0 Å². The molecule has 5 heteroatoms. The van der Waals surface area contributed by atoms with E-state index >= 15 is 0 Å². The van der Waals surface area contributed by atoms with E-state index in [0.717, 1.165) is 22.9 Å². The molecule has 0 aliphatic heterocycles. The molecule has 1 N–H and O–H groups in total. The average molecular weight is 314 g/mol. The molecule has 0 bridgehead atoms. The largest absolute Gasteiger partial charge is 0.332 e. The van der Waals surface area contributed by atoms with Crippen molar-refractivity contribution in [3.05, 3.63) is 65.0 Å². The average Bonchev–Trinajstić information content (AvgIpc) is 2.51. The van der Waals surface area contributed by atoms with Gasteiger partial charge in [0.2, 0.25) is 5.91 Å². The van der Waals surface area contributed by atoms with E-state index in [4.69, 9.17) is 0 Å².